The minimum absolute atomic E-state index is 0.368. The molecule has 0 amide bonds. The third kappa shape index (κ3) is 2.50. The molecule has 21 heavy (non-hydrogen) atoms. The minimum Gasteiger partial charge on any atom is -0.399 e. The summed E-state index contributed by atoms with van der Waals surface area (Å²) >= 11 is 1.46. The number of halogens is 1. The molecule has 0 spiro atoms. The average molecular weight is 306 g/mol. The third-order valence-electron chi connectivity index (χ3n) is 4.08. The molecule has 0 saturated carbocycles. The first kappa shape index (κ1) is 14.6. The molecule has 3 heterocycles. The Labute approximate surface area is 127 Å². The van der Waals surface area contributed by atoms with E-state index in [-0.39, 0.29) is 0 Å². The molecule has 1 fully saturated rings. The molecule has 0 bridgehead atoms. The Morgan fingerprint density at radius 3 is 2.38 bits per heavy atom. The monoisotopic (exact) mass is 306 g/mol. The Morgan fingerprint density at radius 2 is 1.81 bits per heavy atom. The van der Waals surface area contributed by atoms with Crippen LogP contribution in [0.1, 0.15) is 27.7 Å². The van der Waals surface area contributed by atoms with Crippen LogP contribution in [-0.4, -0.2) is 28.3 Å². The molecule has 3 rings (SSSR count). The van der Waals surface area contributed by atoms with Gasteiger partial charge in [-0.3, -0.25) is 9.97 Å². The first-order chi connectivity index (χ1) is 9.80. The fourth-order valence-corrected chi connectivity index (χ4v) is 2.67. The fraction of sp³-hybridized carbons (Fsp3) is 0.429. The zero-order valence-corrected chi connectivity index (χ0v) is 13.2. The van der Waals surface area contributed by atoms with Crippen molar-refractivity contribution in [3.63, 3.8) is 0 Å². The molecular weight excluding hydrogens is 290 g/mol. The lowest BCUT2D eigenvalue weighted by Crippen LogP contribution is -2.41. The highest BCUT2D eigenvalue weighted by Gasteiger charge is 2.52. The van der Waals surface area contributed by atoms with Crippen molar-refractivity contribution in [2.24, 2.45) is 0 Å². The van der Waals surface area contributed by atoms with E-state index in [0.29, 0.717) is 11.2 Å². The van der Waals surface area contributed by atoms with Crippen molar-refractivity contribution in [3.8, 4) is 10.6 Å². The van der Waals surface area contributed by atoms with Gasteiger partial charge >= 0.3 is 7.12 Å². The van der Waals surface area contributed by atoms with E-state index in [4.69, 9.17) is 9.31 Å². The summed E-state index contributed by atoms with van der Waals surface area (Å²) in [5.74, 6) is -0.429. The number of rotatable bonds is 2. The number of aromatic nitrogens is 2. The van der Waals surface area contributed by atoms with E-state index in [2.05, 4.69) is 9.97 Å². The summed E-state index contributed by atoms with van der Waals surface area (Å²) in [6.07, 6.45) is 2.91. The van der Waals surface area contributed by atoms with Gasteiger partial charge in [-0.2, -0.15) is 0 Å². The molecule has 0 unspecified atom stereocenters. The SMILES string of the molecule is CC1(C)OB(c2cc(-c3cncs3)ncc2F)OC1(C)C. The highest BCUT2D eigenvalue weighted by molar-refractivity contribution is 7.13. The highest BCUT2D eigenvalue weighted by atomic mass is 32.1. The van der Waals surface area contributed by atoms with Crippen molar-refractivity contribution < 1.29 is 13.7 Å². The van der Waals surface area contributed by atoms with E-state index in [0.717, 1.165) is 4.88 Å². The first-order valence-corrected chi connectivity index (χ1v) is 7.58. The van der Waals surface area contributed by atoms with Crippen molar-refractivity contribution >= 4 is 23.9 Å². The van der Waals surface area contributed by atoms with Gasteiger partial charge in [0.15, 0.2) is 0 Å². The van der Waals surface area contributed by atoms with Crippen LogP contribution in [0.5, 0.6) is 0 Å². The number of pyridine rings is 1. The Bertz CT molecular complexity index is 645. The Hall–Kier alpha value is -1.31. The largest absolute Gasteiger partial charge is 0.497 e. The molecule has 0 N–H and O–H groups in total. The predicted octanol–water partition coefficient (Wildman–Crippen LogP) is 2.64. The summed E-state index contributed by atoms with van der Waals surface area (Å²) in [6, 6.07) is 1.67. The zero-order chi connectivity index (χ0) is 15.3. The molecule has 0 aromatic carbocycles. The second kappa shape index (κ2) is 4.86. The van der Waals surface area contributed by atoms with Crippen LogP contribution in [0.25, 0.3) is 10.6 Å². The summed E-state index contributed by atoms with van der Waals surface area (Å²) in [5.41, 5.74) is 1.75. The standard InChI is InChI=1S/C14H16BFN2O2S/c1-13(2)14(3,4)20-15(19-13)9-5-11(18-6-10(9)16)12-7-17-8-21-12/h5-8H,1-4H3. The van der Waals surface area contributed by atoms with Crippen molar-refractivity contribution in [3.05, 3.63) is 29.8 Å². The summed E-state index contributed by atoms with van der Waals surface area (Å²) in [5, 5.41) is 0. The van der Waals surface area contributed by atoms with Crippen LogP contribution in [0.2, 0.25) is 0 Å². The van der Waals surface area contributed by atoms with Crippen molar-refractivity contribution in [1.29, 1.82) is 0 Å². The predicted molar refractivity (Wildman–Crippen MR) is 81.0 cm³/mol. The van der Waals surface area contributed by atoms with Crippen LogP contribution in [0.3, 0.4) is 0 Å². The molecule has 0 radical (unpaired) electrons. The Morgan fingerprint density at radius 1 is 1.14 bits per heavy atom. The third-order valence-corrected chi connectivity index (χ3v) is 4.87. The molecule has 0 aliphatic carbocycles. The van der Waals surface area contributed by atoms with E-state index in [1.165, 1.54) is 17.5 Å². The summed E-state index contributed by atoms with van der Waals surface area (Å²) < 4.78 is 25.9. The van der Waals surface area contributed by atoms with Gasteiger partial charge in [-0.25, -0.2) is 4.39 Å². The molecule has 2 aromatic rings. The summed E-state index contributed by atoms with van der Waals surface area (Å²) in [4.78, 5) is 9.01. The molecule has 7 heteroatoms. The lowest BCUT2D eigenvalue weighted by atomic mass is 9.79. The summed E-state index contributed by atoms with van der Waals surface area (Å²) in [6.45, 7) is 7.76. The molecule has 1 aliphatic heterocycles. The van der Waals surface area contributed by atoms with Gasteiger partial charge in [-0.15, -0.1) is 11.3 Å². The molecule has 4 nitrogen and oxygen atoms in total. The lowest BCUT2D eigenvalue weighted by molar-refractivity contribution is 0.00578. The normalized spacial score (nSPS) is 20.0. The van der Waals surface area contributed by atoms with E-state index < -0.39 is 24.1 Å². The van der Waals surface area contributed by atoms with Gasteiger partial charge in [-0.1, -0.05) is 0 Å². The van der Waals surface area contributed by atoms with Gasteiger partial charge in [0.1, 0.15) is 5.82 Å². The Balaban J connectivity index is 1.98. The topological polar surface area (TPSA) is 44.2 Å². The van der Waals surface area contributed by atoms with Crippen LogP contribution >= 0.6 is 11.3 Å². The molecular formula is C14H16BFN2O2S. The van der Waals surface area contributed by atoms with Gasteiger partial charge in [0.2, 0.25) is 0 Å². The smallest absolute Gasteiger partial charge is 0.399 e. The van der Waals surface area contributed by atoms with Crippen LogP contribution in [0.15, 0.2) is 24.0 Å². The molecule has 0 atom stereocenters. The van der Waals surface area contributed by atoms with Gasteiger partial charge in [0.25, 0.3) is 0 Å². The van der Waals surface area contributed by atoms with Gasteiger partial charge in [0.05, 0.1) is 33.5 Å². The molecule has 1 aliphatic rings. The van der Waals surface area contributed by atoms with Gasteiger partial charge < -0.3 is 9.31 Å². The van der Waals surface area contributed by atoms with E-state index >= 15 is 0 Å². The number of hydrogen-bond acceptors (Lipinski definition) is 5. The van der Waals surface area contributed by atoms with Crippen LogP contribution in [0, 0.1) is 5.82 Å². The number of hydrogen-bond donors (Lipinski definition) is 0. The summed E-state index contributed by atoms with van der Waals surface area (Å²) in [7, 11) is -0.732. The first-order valence-electron chi connectivity index (χ1n) is 6.70. The van der Waals surface area contributed by atoms with E-state index in [9.17, 15) is 4.39 Å². The van der Waals surface area contributed by atoms with Crippen molar-refractivity contribution in [2.45, 2.75) is 38.9 Å². The van der Waals surface area contributed by atoms with Gasteiger partial charge in [0, 0.05) is 11.7 Å². The van der Waals surface area contributed by atoms with Crippen LogP contribution in [-0.2, 0) is 9.31 Å². The lowest BCUT2D eigenvalue weighted by Gasteiger charge is -2.32. The van der Waals surface area contributed by atoms with Crippen LogP contribution < -0.4 is 5.46 Å². The van der Waals surface area contributed by atoms with Crippen molar-refractivity contribution in [1.82, 2.24) is 9.97 Å². The maximum absolute atomic E-state index is 14.1. The zero-order valence-electron chi connectivity index (χ0n) is 12.4. The minimum atomic E-state index is -0.732. The van der Waals surface area contributed by atoms with Gasteiger partial charge in [-0.05, 0) is 33.8 Å². The second-order valence-corrected chi connectivity index (χ2v) is 6.93. The fourth-order valence-electron chi connectivity index (χ4n) is 2.08. The van der Waals surface area contributed by atoms with Crippen molar-refractivity contribution in [2.75, 3.05) is 0 Å². The van der Waals surface area contributed by atoms with E-state index in [1.54, 1.807) is 17.8 Å². The molecule has 1 saturated heterocycles. The maximum Gasteiger partial charge on any atom is 0.497 e. The molecule has 2 aromatic heterocycles. The molecule has 110 valence electrons. The van der Waals surface area contributed by atoms with Crippen LogP contribution in [0.4, 0.5) is 4.39 Å². The average Bonchev–Trinajstić information content (AvgIpc) is 2.97. The second-order valence-electron chi connectivity index (χ2n) is 6.04. The Kier molecular flexibility index (Phi) is 3.39. The highest BCUT2D eigenvalue weighted by Crippen LogP contribution is 2.36. The maximum atomic E-state index is 14.1. The quantitative estimate of drug-likeness (QED) is 0.800. The van der Waals surface area contributed by atoms with E-state index in [1.807, 2.05) is 27.7 Å². The number of nitrogens with zero attached hydrogens (tertiary/aromatic N) is 2. The number of thiazole rings is 1.